The molecule has 0 spiro atoms. The fraction of sp³-hybridized carbons (Fsp3) is 0.188. The van der Waals surface area contributed by atoms with Gasteiger partial charge in [0.15, 0.2) is 17.3 Å². The van der Waals surface area contributed by atoms with E-state index in [1.807, 2.05) is 0 Å². The van der Waals surface area contributed by atoms with E-state index in [0.717, 1.165) is 0 Å². The lowest BCUT2D eigenvalue weighted by molar-refractivity contribution is 0.103. The summed E-state index contributed by atoms with van der Waals surface area (Å²) in [6.07, 6.45) is 0. The Morgan fingerprint density at radius 2 is 1.76 bits per heavy atom. The minimum Gasteiger partial charge on any atom is -0.486 e. The van der Waals surface area contributed by atoms with Crippen molar-refractivity contribution in [1.82, 2.24) is 0 Å². The summed E-state index contributed by atoms with van der Waals surface area (Å²) in [6.45, 7) is 2.56. The third kappa shape index (κ3) is 2.59. The molecule has 3 nitrogen and oxygen atoms in total. The molecule has 2 aromatic carbocycles. The zero-order valence-electron chi connectivity index (χ0n) is 11.3. The van der Waals surface area contributed by atoms with Crippen LogP contribution in [0.5, 0.6) is 11.5 Å². The largest absolute Gasteiger partial charge is 0.486 e. The summed E-state index contributed by atoms with van der Waals surface area (Å²) in [4.78, 5) is 12.6. The van der Waals surface area contributed by atoms with Crippen molar-refractivity contribution in [2.24, 2.45) is 0 Å². The van der Waals surface area contributed by atoms with Crippen LogP contribution in [-0.2, 0) is 0 Å². The van der Waals surface area contributed by atoms with Crippen molar-refractivity contribution in [1.29, 1.82) is 0 Å². The van der Waals surface area contributed by atoms with Gasteiger partial charge in [-0.1, -0.05) is 11.6 Å². The molecule has 0 amide bonds. The molecular formula is C16H12ClFO3. The molecule has 0 fully saturated rings. The molecule has 0 radical (unpaired) electrons. The Morgan fingerprint density at radius 1 is 1.10 bits per heavy atom. The number of rotatable bonds is 2. The van der Waals surface area contributed by atoms with Gasteiger partial charge in [-0.05, 0) is 36.8 Å². The van der Waals surface area contributed by atoms with Crippen LogP contribution in [-0.4, -0.2) is 19.0 Å². The molecule has 21 heavy (non-hydrogen) atoms. The van der Waals surface area contributed by atoms with E-state index in [4.69, 9.17) is 21.1 Å². The van der Waals surface area contributed by atoms with Crippen molar-refractivity contribution in [3.05, 3.63) is 57.9 Å². The van der Waals surface area contributed by atoms with Crippen molar-refractivity contribution in [3.8, 4) is 11.5 Å². The van der Waals surface area contributed by atoms with Gasteiger partial charge < -0.3 is 9.47 Å². The maximum Gasteiger partial charge on any atom is 0.194 e. The first-order valence-electron chi connectivity index (χ1n) is 6.46. The van der Waals surface area contributed by atoms with Crippen molar-refractivity contribution in [2.45, 2.75) is 6.92 Å². The number of carbonyl (C=O) groups excluding carboxylic acids is 1. The topological polar surface area (TPSA) is 35.5 Å². The van der Waals surface area contributed by atoms with Gasteiger partial charge in [0.25, 0.3) is 0 Å². The van der Waals surface area contributed by atoms with Gasteiger partial charge in [-0.3, -0.25) is 4.79 Å². The molecular weight excluding hydrogens is 295 g/mol. The summed E-state index contributed by atoms with van der Waals surface area (Å²) in [7, 11) is 0. The quantitative estimate of drug-likeness (QED) is 0.792. The lowest BCUT2D eigenvalue weighted by atomic mass is 9.98. The Morgan fingerprint density at radius 3 is 2.43 bits per heavy atom. The monoisotopic (exact) mass is 306 g/mol. The first-order chi connectivity index (χ1) is 10.1. The van der Waals surface area contributed by atoms with E-state index < -0.39 is 0 Å². The molecule has 1 heterocycles. The van der Waals surface area contributed by atoms with Crippen LogP contribution in [0.1, 0.15) is 21.5 Å². The molecule has 5 heteroatoms. The van der Waals surface area contributed by atoms with Crippen LogP contribution in [0.25, 0.3) is 0 Å². The van der Waals surface area contributed by atoms with E-state index in [1.54, 1.807) is 19.1 Å². The second-order valence-corrected chi connectivity index (χ2v) is 5.17. The van der Waals surface area contributed by atoms with E-state index in [2.05, 4.69) is 0 Å². The standard InChI is InChI=1S/C16H12ClFO3/c1-9-6-10(18)2-3-11(9)16(19)12-7-14-15(8-13(12)17)21-5-4-20-14/h2-3,6-8H,4-5H2,1H3. The van der Waals surface area contributed by atoms with E-state index >= 15 is 0 Å². The van der Waals surface area contributed by atoms with E-state index in [9.17, 15) is 9.18 Å². The Kier molecular flexibility index (Phi) is 3.55. The first kappa shape index (κ1) is 13.9. The molecule has 108 valence electrons. The number of fused-ring (bicyclic) bond motifs is 1. The maximum absolute atomic E-state index is 13.1. The Hall–Kier alpha value is -2.07. The highest BCUT2D eigenvalue weighted by Crippen LogP contribution is 2.36. The molecule has 0 bridgehead atoms. The normalized spacial score (nSPS) is 13.1. The maximum atomic E-state index is 13.1. The highest BCUT2D eigenvalue weighted by atomic mass is 35.5. The van der Waals surface area contributed by atoms with Gasteiger partial charge in [0, 0.05) is 17.2 Å². The van der Waals surface area contributed by atoms with Gasteiger partial charge in [-0.25, -0.2) is 4.39 Å². The van der Waals surface area contributed by atoms with Crippen molar-refractivity contribution < 1.29 is 18.7 Å². The smallest absolute Gasteiger partial charge is 0.194 e. The molecule has 0 atom stereocenters. The number of halogens is 2. The highest BCUT2D eigenvalue weighted by Gasteiger charge is 2.21. The molecule has 3 rings (SSSR count). The summed E-state index contributed by atoms with van der Waals surface area (Å²) in [5.74, 6) is 0.374. The number of ketones is 1. The van der Waals surface area contributed by atoms with Gasteiger partial charge >= 0.3 is 0 Å². The average Bonchev–Trinajstić information content (AvgIpc) is 2.46. The van der Waals surface area contributed by atoms with Crippen LogP contribution >= 0.6 is 11.6 Å². The van der Waals surface area contributed by atoms with Crippen LogP contribution in [0.3, 0.4) is 0 Å². The third-order valence-corrected chi connectivity index (χ3v) is 3.62. The van der Waals surface area contributed by atoms with E-state index in [0.29, 0.717) is 41.4 Å². The Labute approximate surface area is 126 Å². The summed E-state index contributed by atoms with van der Waals surface area (Å²) < 4.78 is 24.0. The molecule has 1 aliphatic heterocycles. The SMILES string of the molecule is Cc1cc(F)ccc1C(=O)c1cc2c(cc1Cl)OCCO2. The van der Waals surface area contributed by atoms with Crippen LogP contribution in [0, 0.1) is 12.7 Å². The average molecular weight is 307 g/mol. The van der Waals surface area contributed by atoms with Gasteiger partial charge in [-0.2, -0.15) is 0 Å². The molecule has 0 unspecified atom stereocenters. The van der Waals surface area contributed by atoms with Gasteiger partial charge in [0.1, 0.15) is 19.0 Å². The number of aryl methyl sites for hydroxylation is 1. The fourth-order valence-electron chi connectivity index (χ4n) is 2.26. The predicted molar refractivity (Wildman–Crippen MR) is 77.0 cm³/mol. The molecule has 1 aliphatic rings. The van der Waals surface area contributed by atoms with E-state index in [-0.39, 0.29) is 16.6 Å². The molecule has 2 aromatic rings. The summed E-state index contributed by atoms with van der Waals surface area (Å²) in [5, 5.41) is 0.285. The number of benzene rings is 2. The van der Waals surface area contributed by atoms with Crippen molar-refractivity contribution in [3.63, 3.8) is 0 Å². The number of carbonyl (C=O) groups is 1. The fourth-order valence-corrected chi connectivity index (χ4v) is 2.50. The minimum atomic E-state index is -0.377. The number of hydrogen-bond donors (Lipinski definition) is 0. The zero-order valence-corrected chi connectivity index (χ0v) is 12.0. The molecule has 0 aliphatic carbocycles. The van der Waals surface area contributed by atoms with Crippen LogP contribution < -0.4 is 9.47 Å². The minimum absolute atomic E-state index is 0.269. The van der Waals surface area contributed by atoms with E-state index in [1.165, 1.54) is 18.2 Å². The number of hydrogen-bond acceptors (Lipinski definition) is 3. The van der Waals surface area contributed by atoms with Gasteiger partial charge in [-0.15, -0.1) is 0 Å². The molecule has 0 aromatic heterocycles. The lowest BCUT2D eigenvalue weighted by Gasteiger charge is -2.19. The molecule has 0 N–H and O–H groups in total. The van der Waals surface area contributed by atoms with Crippen molar-refractivity contribution >= 4 is 17.4 Å². The molecule has 0 saturated carbocycles. The third-order valence-electron chi connectivity index (χ3n) is 3.31. The predicted octanol–water partition coefficient (Wildman–Crippen LogP) is 3.79. The summed E-state index contributed by atoms with van der Waals surface area (Å²) >= 11 is 6.16. The zero-order chi connectivity index (χ0) is 15.0. The molecule has 0 saturated heterocycles. The summed E-state index contributed by atoms with van der Waals surface area (Å²) in [6, 6.07) is 7.18. The Bertz CT molecular complexity index is 728. The highest BCUT2D eigenvalue weighted by molar-refractivity contribution is 6.35. The lowest BCUT2D eigenvalue weighted by Crippen LogP contribution is -2.16. The van der Waals surface area contributed by atoms with Gasteiger partial charge in [0.05, 0.1) is 5.02 Å². The van der Waals surface area contributed by atoms with Crippen LogP contribution in [0.4, 0.5) is 4.39 Å². The van der Waals surface area contributed by atoms with Crippen LogP contribution in [0.2, 0.25) is 5.02 Å². The van der Waals surface area contributed by atoms with Crippen molar-refractivity contribution in [2.75, 3.05) is 13.2 Å². The van der Waals surface area contributed by atoms with Gasteiger partial charge in [0.2, 0.25) is 0 Å². The number of ether oxygens (including phenoxy) is 2. The second-order valence-electron chi connectivity index (χ2n) is 4.76. The summed E-state index contributed by atoms with van der Waals surface area (Å²) in [5.41, 5.74) is 1.29. The Balaban J connectivity index is 2.05. The first-order valence-corrected chi connectivity index (χ1v) is 6.84. The van der Waals surface area contributed by atoms with Crippen LogP contribution in [0.15, 0.2) is 30.3 Å². The second kappa shape index (κ2) is 5.37.